The highest BCUT2D eigenvalue weighted by Crippen LogP contribution is 2.63. The quantitative estimate of drug-likeness (QED) is 0.763. The van der Waals surface area contributed by atoms with Crippen LogP contribution in [0.15, 0.2) is 0 Å². The van der Waals surface area contributed by atoms with Crippen LogP contribution in [-0.2, 0) is 6.42 Å². The summed E-state index contributed by atoms with van der Waals surface area (Å²) in [6, 6.07) is 0. The Bertz CT molecular complexity index is 452. The Morgan fingerprint density at radius 3 is 3.06 bits per heavy atom. The molecule has 4 nitrogen and oxygen atoms in total. The number of aromatic amines is 1. The van der Waals surface area contributed by atoms with E-state index in [1.807, 2.05) is 0 Å². The van der Waals surface area contributed by atoms with E-state index in [-0.39, 0.29) is 0 Å². The van der Waals surface area contributed by atoms with Gasteiger partial charge in [-0.2, -0.15) is 5.10 Å². The summed E-state index contributed by atoms with van der Waals surface area (Å²) >= 11 is 0. The summed E-state index contributed by atoms with van der Waals surface area (Å²) in [5.74, 6) is 1.83. The van der Waals surface area contributed by atoms with Crippen LogP contribution in [0.25, 0.3) is 0 Å². The molecule has 3 rings (SSSR count). The van der Waals surface area contributed by atoms with Gasteiger partial charge in [0, 0.05) is 17.2 Å². The van der Waals surface area contributed by atoms with Crippen LogP contribution in [0.5, 0.6) is 0 Å². The van der Waals surface area contributed by atoms with Crippen molar-refractivity contribution in [3.63, 3.8) is 0 Å². The minimum Gasteiger partial charge on any atom is -0.364 e. The van der Waals surface area contributed by atoms with E-state index in [2.05, 4.69) is 17.1 Å². The molecule has 1 aromatic heterocycles. The number of aromatic nitrogens is 2. The number of hydrogen-bond donors (Lipinski definition) is 2. The lowest BCUT2D eigenvalue weighted by Gasteiger charge is -2.03. The highest BCUT2D eigenvalue weighted by Gasteiger charge is 2.56. The number of amides is 1. The van der Waals surface area contributed by atoms with E-state index in [4.69, 9.17) is 5.73 Å². The summed E-state index contributed by atoms with van der Waals surface area (Å²) in [5.41, 5.74) is 8.07. The molecule has 1 heterocycles. The van der Waals surface area contributed by atoms with Crippen molar-refractivity contribution >= 4 is 5.91 Å². The number of fused-ring (bicyclic) bond motifs is 3. The first-order valence-corrected chi connectivity index (χ1v) is 6.61. The molecule has 1 fully saturated rings. The summed E-state index contributed by atoms with van der Waals surface area (Å²) in [6.07, 6.45) is 6.28. The van der Waals surface area contributed by atoms with Gasteiger partial charge in [-0.1, -0.05) is 26.2 Å². The van der Waals surface area contributed by atoms with E-state index in [9.17, 15) is 4.79 Å². The lowest BCUT2D eigenvalue weighted by molar-refractivity contribution is 0.0994. The summed E-state index contributed by atoms with van der Waals surface area (Å²) in [4.78, 5) is 11.2. The van der Waals surface area contributed by atoms with Crippen LogP contribution in [0, 0.1) is 11.8 Å². The molecule has 3 atom stereocenters. The average Bonchev–Trinajstić information content (AvgIpc) is 2.68. The number of nitrogens with one attached hydrogen (secondary N) is 1. The number of carbonyl (C=O) groups is 1. The number of carbonyl (C=O) groups excluding carboxylic acids is 1. The number of nitrogens with zero attached hydrogens (tertiary/aromatic N) is 1. The van der Waals surface area contributed by atoms with Crippen molar-refractivity contribution in [2.75, 3.05) is 0 Å². The number of primary amides is 1. The smallest absolute Gasteiger partial charge is 0.269 e. The molecule has 2 aliphatic rings. The predicted molar refractivity (Wildman–Crippen MR) is 64.7 cm³/mol. The van der Waals surface area contributed by atoms with E-state index in [0.717, 1.165) is 23.8 Å². The van der Waals surface area contributed by atoms with Crippen molar-refractivity contribution in [2.24, 2.45) is 17.6 Å². The number of hydrogen-bond acceptors (Lipinski definition) is 2. The summed E-state index contributed by atoms with van der Waals surface area (Å²) in [5, 5.41) is 7.07. The molecule has 2 aliphatic carbocycles. The monoisotopic (exact) mass is 233 g/mol. The minimum atomic E-state index is -0.397. The maximum Gasteiger partial charge on any atom is 0.269 e. The fraction of sp³-hybridized carbons (Fsp3) is 0.692. The average molecular weight is 233 g/mol. The normalized spacial score (nSPS) is 28.9. The molecule has 0 aliphatic heterocycles. The predicted octanol–water partition coefficient (Wildman–Crippen LogP) is 1.97. The third kappa shape index (κ3) is 1.58. The fourth-order valence-corrected chi connectivity index (χ4v) is 3.48. The molecule has 3 N–H and O–H groups in total. The molecular weight excluding hydrogens is 214 g/mol. The van der Waals surface area contributed by atoms with Gasteiger partial charge in [0.2, 0.25) is 0 Å². The lowest BCUT2D eigenvalue weighted by atomic mass is 10.0. The Balaban J connectivity index is 1.68. The minimum absolute atomic E-state index is 0.397. The topological polar surface area (TPSA) is 71.8 Å². The van der Waals surface area contributed by atoms with E-state index in [1.54, 1.807) is 0 Å². The van der Waals surface area contributed by atoms with Gasteiger partial charge in [-0.3, -0.25) is 9.89 Å². The van der Waals surface area contributed by atoms with Gasteiger partial charge in [-0.15, -0.1) is 0 Å². The van der Waals surface area contributed by atoms with Gasteiger partial charge in [-0.25, -0.2) is 0 Å². The molecule has 17 heavy (non-hydrogen) atoms. The van der Waals surface area contributed by atoms with Crippen LogP contribution in [0.4, 0.5) is 0 Å². The van der Waals surface area contributed by atoms with Crippen molar-refractivity contribution in [1.29, 1.82) is 0 Å². The second-order valence-corrected chi connectivity index (χ2v) is 5.38. The summed E-state index contributed by atoms with van der Waals surface area (Å²) < 4.78 is 0. The molecule has 1 saturated carbocycles. The molecule has 0 radical (unpaired) electrons. The van der Waals surface area contributed by atoms with Crippen molar-refractivity contribution in [3.05, 3.63) is 17.0 Å². The molecule has 3 unspecified atom stereocenters. The Kier molecular flexibility index (Phi) is 2.45. The second-order valence-electron chi connectivity index (χ2n) is 5.38. The van der Waals surface area contributed by atoms with Crippen LogP contribution < -0.4 is 5.73 Å². The van der Waals surface area contributed by atoms with Gasteiger partial charge in [0.1, 0.15) is 0 Å². The van der Waals surface area contributed by atoms with Crippen LogP contribution in [0.2, 0.25) is 0 Å². The zero-order valence-corrected chi connectivity index (χ0v) is 10.2. The third-order valence-electron chi connectivity index (χ3n) is 4.38. The van der Waals surface area contributed by atoms with Gasteiger partial charge in [0.05, 0.1) is 0 Å². The Morgan fingerprint density at radius 2 is 2.35 bits per heavy atom. The number of rotatable bonds is 5. The van der Waals surface area contributed by atoms with Crippen LogP contribution in [-0.4, -0.2) is 16.1 Å². The molecule has 0 bridgehead atoms. The van der Waals surface area contributed by atoms with Crippen molar-refractivity contribution in [1.82, 2.24) is 10.2 Å². The SMILES string of the molecule is CCCCCC1C2Cc3c(C(N)=O)n[nH]c3C12. The standard InChI is InChI=1S/C13H19N3O/c1-2-3-4-5-7-8-6-9-11(10(7)8)15-16-12(9)13(14)17/h7-8,10H,2-6H2,1H3,(H2,14,17)(H,15,16). The van der Waals surface area contributed by atoms with Gasteiger partial charge in [0.15, 0.2) is 5.69 Å². The largest absolute Gasteiger partial charge is 0.364 e. The van der Waals surface area contributed by atoms with E-state index < -0.39 is 5.91 Å². The third-order valence-corrected chi connectivity index (χ3v) is 4.38. The Hall–Kier alpha value is -1.32. The molecule has 0 spiro atoms. The van der Waals surface area contributed by atoms with E-state index >= 15 is 0 Å². The summed E-state index contributed by atoms with van der Waals surface area (Å²) in [6.45, 7) is 2.24. The second kappa shape index (κ2) is 3.86. The zero-order chi connectivity index (χ0) is 12.0. The van der Waals surface area contributed by atoms with Crippen LogP contribution in [0.3, 0.4) is 0 Å². The first kappa shape index (κ1) is 10.8. The zero-order valence-electron chi connectivity index (χ0n) is 10.2. The molecule has 0 saturated heterocycles. The number of H-pyrrole nitrogens is 1. The molecule has 1 amide bonds. The van der Waals surface area contributed by atoms with Crippen molar-refractivity contribution in [3.8, 4) is 0 Å². The first-order valence-electron chi connectivity index (χ1n) is 6.61. The van der Waals surface area contributed by atoms with Gasteiger partial charge < -0.3 is 5.73 Å². The lowest BCUT2D eigenvalue weighted by Crippen LogP contribution is -2.14. The first-order chi connectivity index (χ1) is 8.24. The maximum absolute atomic E-state index is 11.2. The molecular formula is C13H19N3O. The highest BCUT2D eigenvalue weighted by atomic mass is 16.1. The van der Waals surface area contributed by atoms with Gasteiger partial charge in [-0.05, 0) is 24.7 Å². The molecule has 1 aromatic rings. The van der Waals surface area contributed by atoms with Crippen LogP contribution >= 0.6 is 0 Å². The van der Waals surface area contributed by atoms with Crippen molar-refractivity contribution in [2.45, 2.75) is 44.9 Å². The van der Waals surface area contributed by atoms with E-state index in [0.29, 0.717) is 11.6 Å². The van der Waals surface area contributed by atoms with Gasteiger partial charge >= 0.3 is 0 Å². The van der Waals surface area contributed by atoms with Crippen LogP contribution in [0.1, 0.15) is 60.3 Å². The number of nitrogens with two attached hydrogens (primary N) is 1. The maximum atomic E-state index is 11.2. The Morgan fingerprint density at radius 1 is 1.53 bits per heavy atom. The van der Waals surface area contributed by atoms with Gasteiger partial charge in [0.25, 0.3) is 5.91 Å². The summed E-state index contributed by atoms with van der Waals surface area (Å²) in [7, 11) is 0. The molecule has 0 aromatic carbocycles. The van der Waals surface area contributed by atoms with Crippen molar-refractivity contribution < 1.29 is 4.79 Å². The number of unbranched alkanes of at least 4 members (excludes halogenated alkanes) is 2. The highest BCUT2D eigenvalue weighted by molar-refractivity contribution is 5.92. The molecule has 92 valence electrons. The fourth-order valence-electron chi connectivity index (χ4n) is 3.48. The van der Waals surface area contributed by atoms with E-state index in [1.165, 1.54) is 31.4 Å². The molecule has 4 heteroatoms. The Labute approximate surface area is 101 Å².